The number of rotatable bonds is 1. The fourth-order valence-electron chi connectivity index (χ4n) is 0.717. The summed E-state index contributed by atoms with van der Waals surface area (Å²) in [4.78, 5) is 11.3. The lowest BCUT2D eigenvalue weighted by Gasteiger charge is -2.01. The highest BCUT2D eigenvalue weighted by Gasteiger charge is 2.38. The Balaban J connectivity index is 3.27. The van der Waals surface area contributed by atoms with Crippen LogP contribution < -0.4 is 0 Å². The molecule has 76 valence electrons. The van der Waals surface area contributed by atoms with E-state index in [2.05, 4.69) is 4.98 Å². The summed E-state index contributed by atoms with van der Waals surface area (Å²) < 4.78 is 48.4. The molecule has 0 amide bonds. The molecule has 0 bridgehead atoms. The third kappa shape index (κ3) is 1.95. The second-order valence-corrected chi connectivity index (χ2v) is 2.26. The minimum Gasteiger partial charge on any atom is -0.358 e. The minimum atomic E-state index is -4.82. The van der Waals surface area contributed by atoms with Crippen molar-refractivity contribution in [1.82, 2.24) is 4.98 Å². The number of hydrogen-bond donors (Lipinski definition) is 0. The van der Waals surface area contributed by atoms with E-state index in [1.807, 2.05) is 0 Å². The molecule has 1 heterocycles. The van der Waals surface area contributed by atoms with Gasteiger partial charge < -0.3 is 10.1 Å². The van der Waals surface area contributed by atoms with Crippen LogP contribution in [0.25, 0.3) is 0 Å². The van der Waals surface area contributed by atoms with E-state index in [-0.39, 0.29) is 0 Å². The van der Waals surface area contributed by atoms with Gasteiger partial charge in [0.15, 0.2) is 0 Å². The van der Waals surface area contributed by atoms with E-state index in [1.54, 1.807) is 0 Å². The maximum absolute atomic E-state index is 12.5. The summed E-state index contributed by atoms with van der Waals surface area (Å²) in [6.07, 6.45) is -4.82. The number of halogens is 4. The highest BCUT2D eigenvalue weighted by Crippen LogP contribution is 2.29. The Bertz CT molecular complexity index is 377. The zero-order valence-electron chi connectivity index (χ0n) is 6.38. The molecule has 4 nitrogen and oxygen atoms in total. The van der Waals surface area contributed by atoms with Gasteiger partial charge in [-0.05, 0) is 22.0 Å². The van der Waals surface area contributed by atoms with Crippen LogP contribution in [0.1, 0.15) is 5.69 Å². The molecule has 8 heteroatoms. The van der Waals surface area contributed by atoms with Gasteiger partial charge in [-0.15, -0.1) is 0 Å². The summed E-state index contributed by atoms with van der Waals surface area (Å²) in [5, 5.41) is 10.0. The molecule has 1 aromatic heterocycles. The van der Waals surface area contributed by atoms with Crippen LogP contribution in [0.5, 0.6) is 0 Å². The Kier molecular flexibility index (Phi) is 2.37. The van der Waals surface area contributed by atoms with E-state index >= 15 is 0 Å². The van der Waals surface area contributed by atoms with Crippen LogP contribution in [0.3, 0.4) is 0 Å². The number of nitrogens with zero attached hydrogens (tertiary/aromatic N) is 2. The van der Waals surface area contributed by atoms with Gasteiger partial charge in [0.05, 0.1) is 0 Å². The topological polar surface area (TPSA) is 56.0 Å². The molecule has 0 saturated carbocycles. The van der Waals surface area contributed by atoms with Gasteiger partial charge in [0, 0.05) is 0 Å². The molecule has 0 fully saturated rings. The largest absolute Gasteiger partial charge is 0.457 e. The zero-order chi connectivity index (χ0) is 10.9. The Morgan fingerprint density at radius 2 is 1.93 bits per heavy atom. The first-order valence-corrected chi connectivity index (χ1v) is 3.20. The molecule has 0 aromatic carbocycles. The fraction of sp³-hybridized carbons (Fsp3) is 0.167. The highest BCUT2D eigenvalue weighted by molar-refractivity contribution is 5.25. The van der Waals surface area contributed by atoms with Crippen molar-refractivity contribution in [2.24, 2.45) is 0 Å². The second kappa shape index (κ2) is 3.20. The molecule has 0 atom stereocenters. The lowest BCUT2D eigenvalue weighted by Crippen LogP contribution is -2.10. The number of nitro groups is 1. The second-order valence-electron chi connectivity index (χ2n) is 2.26. The molecule has 14 heavy (non-hydrogen) atoms. The summed E-state index contributed by atoms with van der Waals surface area (Å²) in [6, 6.07) is 0.691. The van der Waals surface area contributed by atoms with E-state index in [4.69, 9.17) is 0 Å². The van der Waals surface area contributed by atoms with Crippen molar-refractivity contribution in [3.63, 3.8) is 0 Å². The normalized spacial score (nSPS) is 11.4. The molecule has 0 aliphatic rings. The summed E-state index contributed by atoms with van der Waals surface area (Å²) in [6.45, 7) is 0. The Labute approximate surface area is 74.3 Å². The van der Waals surface area contributed by atoms with Crippen LogP contribution in [0, 0.1) is 15.9 Å². The third-order valence-corrected chi connectivity index (χ3v) is 1.29. The monoisotopic (exact) mass is 210 g/mol. The predicted molar refractivity (Wildman–Crippen MR) is 35.9 cm³/mol. The van der Waals surface area contributed by atoms with E-state index in [0.29, 0.717) is 12.1 Å². The molecule has 0 aliphatic heterocycles. The molecule has 1 rings (SSSR count). The van der Waals surface area contributed by atoms with Crippen LogP contribution in [0.2, 0.25) is 0 Å². The average molecular weight is 210 g/mol. The molecule has 0 radical (unpaired) electrons. The maximum Gasteiger partial charge on any atom is 0.457 e. The SMILES string of the molecule is O=[N+]([O-])c1nc(C(F)(F)F)ccc1F. The third-order valence-electron chi connectivity index (χ3n) is 1.29. The van der Waals surface area contributed by atoms with Gasteiger partial charge in [-0.25, -0.2) is 0 Å². The summed E-state index contributed by atoms with van der Waals surface area (Å²) in [7, 11) is 0. The summed E-state index contributed by atoms with van der Waals surface area (Å²) in [5.41, 5.74) is -1.49. The van der Waals surface area contributed by atoms with Crippen LogP contribution in [-0.2, 0) is 6.18 Å². The number of pyridine rings is 1. The standard InChI is InChI=1S/C6H2F4N2O2/c7-3-1-2-4(6(8,9)10)11-5(3)12(13)14/h1-2H. The molecule has 0 N–H and O–H groups in total. The molecule has 0 spiro atoms. The van der Waals surface area contributed by atoms with E-state index in [9.17, 15) is 27.7 Å². The smallest absolute Gasteiger partial charge is 0.358 e. The van der Waals surface area contributed by atoms with Gasteiger partial charge in [0.25, 0.3) is 5.69 Å². The first-order chi connectivity index (χ1) is 6.32. The van der Waals surface area contributed by atoms with Gasteiger partial charge in [0.2, 0.25) is 5.82 Å². The van der Waals surface area contributed by atoms with Gasteiger partial charge in [-0.1, -0.05) is 0 Å². The zero-order valence-corrected chi connectivity index (χ0v) is 6.38. The van der Waals surface area contributed by atoms with E-state index in [1.165, 1.54) is 0 Å². The van der Waals surface area contributed by atoms with E-state index < -0.39 is 28.4 Å². The Morgan fingerprint density at radius 3 is 2.36 bits per heavy atom. The number of aromatic nitrogens is 1. The van der Waals surface area contributed by atoms with Crippen LogP contribution >= 0.6 is 0 Å². The Hall–Kier alpha value is -1.73. The first-order valence-electron chi connectivity index (χ1n) is 3.20. The van der Waals surface area contributed by atoms with Crippen molar-refractivity contribution in [3.8, 4) is 0 Å². The van der Waals surface area contributed by atoms with Crippen LogP contribution in [0.15, 0.2) is 12.1 Å². The molecule has 0 saturated heterocycles. The van der Waals surface area contributed by atoms with Gasteiger partial charge >= 0.3 is 12.0 Å². The van der Waals surface area contributed by atoms with Crippen LogP contribution in [-0.4, -0.2) is 9.91 Å². The van der Waals surface area contributed by atoms with Crippen molar-refractivity contribution in [3.05, 3.63) is 33.8 Å². The van der Waals surface area contributed by atoms with Crippen molar-refractivity contribution in [2.45, 2.75) is 6.18 Å². The van der Waals surface area contributed by atoms with Crippen molar-refractivity contribution in [2.75, 3.05) is 0 Å². The molecule has 1 aromatic rings. The quantitative estimate of drug-likeness (QED) is 0.405. The lowest BCUT2D eigenvalue weighted by atomic mass is 10.3. The van der Waals surface area contributed by atoms with Gasteiger partial charge in [0.1, 0.15) is 0 Å². The molecular weight excluding hydrogens is 208 g/mol. The Morgan fingerprint density at radius 1 is 1.36 bits per heavy atom. The minimum absolute atomic E-state index is 0.336. The number of hydrogen-bond acceptors (Lipinski definition) is 3. The fourth-order valence-corrected chi connectivity index (χ4v) is 0.717. The highest BCUT2D eigenvalue weighted by atomic mass is 19.4. The molecular formula is C6H2F4N2O2. The molecule has 0 aliphatic carbocycles. The summed E-state index contributed by atoms with van der Waals surface area (Å²) >= 11 is 0. The van der Waals surface area contributed by atoms with Crippen LogP contribution in [0.4, 0.5) is 23.4 Å². The van der Waals surface area contributed by atoms with Crippen molar-refractivity contribution < 1.29 is 22.5 Å². The predicted octanol–water partition coefficient (Wildman–Crippen LogP) is 2.15. The first kappa shape index (κ1) is 10.4. The van der Waals surface area contributed by atoms with Gasteiger partial charge in [-0.2, -0.15) is 17.6 Å². The average Bonchev–Trinajstić information content (AvgIpc) is 2.02. The van der Waals surface area contributed by atoms with Crippen molar-refractivity contribution >= 4 is 5.82 Å². The van der Waals surface area contributed by atoms with Crippen molar-refractivity contribution in [1.29, 1.82) is 0 Å². The van der Waals surface area contributed by atoms with E-state index in [0.717, 1.165) is 0 Å². The summed E-state index contributed by atoms with van der Waals surface area (Å²) in [5.74, 6) is -2.83. The maximum atomic E-state index is 12.5. The lowest BCUT2D eigenvalue weighted by molar-refractivity contribution is -0.392. The van der Waals surface area contributed by atoms with Gasteiger partial charge in [-0.3, -0.25) is 0 Å². The number of alkyl halides is 3. The molecule has 0 unspecified atom stereocenters.